The number of nitrogens with two attached hydrogens (primary N) is 1. The number of nitrogens with zero attached hydrogens (tertiary/aromatic N) is 1. The van der Waals surface area contributed by atoms with Gasteiger partial charge in [-0.15, -0.1) is 0 Å². The third-order valence-electron chi connectivity index (χ3n) is 5.07. The maximum atomic E-state index is 6.49. The number of likely N-dealkylation sites (tertiary alicyclic amines) is 1. The van der Waals surface area contributed by atoms with E-state index in [0.29, 0.717) is 6.04 Å². The monoisotopic (exact) mass is 274 g/mol. The van der Waals surface area contributed by atoms with Gasteiger partial charge in [-0.3, -0.25) is 4.90 Å². The molecular formula is C18H30N2. The lowest BCUT2D eigenvalue weighted by Crippen LogP contribution is -2.39. The first kappa shape index (κ1) is 15.5. The van der Waals surface area contributed by atoms with Gasteiger partial charge in [-0.05, 0) is 49.3 Å². The first-order valence-corrected chi connectivity index (χ1v) is 8.11. The number of aryl methyl sites for hydroxylation is 1. The van der Waals surface area contributed by atoms with Gasteiger partial charge in [0.2, 0.25) is 0 Å². The summed E-state index contributed by atoms with van der Waals surface area (Å²) in [6, 6.07) is 9.37. The standard InChI is InChI=1S/C18H30N2/c1-5-15-6-8-16(9-7-15)18(19)14(4)20-11-10-17(12-20)13(2)3/h6-9,13-14,17-18H,5,10-12,19H2,1-4H3. The summed E-state index contributed by atoms with van der Waals surface area (Å²) in [7, 11) is 0. The minimum atomic E-state index is 0.117. The predicted molar refractivity (Wildman–Crippen MR) is 86.7 cm³/mol. The van der Waals surface area contributed by atoms with Crippen LogP contribution >= 0.6 is 0 Å². The molecule has 1 heterocycles. The molecule has 0 aromatic heterocycles. The van der Waals surface area contributed by atoms with Gasteiger partial charge < -0.3 is 5.73 Å². The molecule has 1 saturated heterocycles. The van der Waals surface area contributed by atoms with Crippen molar-refractivity contribution in [2.24, 2.45) is 17.6 Å². The van der Waals surface area contributed by atoms with Crippen molar-refractivity contribution < 1.29 is 0 Å². The molecule has 1 aromatic rings. The molecule has 2 heteroatoms. The van der Waals surface area contributed by atoms with E-state index in [-0.39, 0.29) is 6.04 Å². The Morgan fingerprint density at radius 1 is 1.20 bits per heavy atom. The van der Waals surface area contributed by atoms with Crippen LogP contribution in [0.5, 0.6) is 0 Å². The van der Waals surface area contributed by atoms with Crippen LogP contribution in [0.3, 0.4) is 0 Å². The van der Waals surface area contributed by atoms with Gasteiger partial charge in [0.1, 0.15) is 0 Å². The van der Waals surface area contributed by atoms with Crippen LogP contribution in [0.4, 0.5) is 0 Å². The van der Waals surface area contributed by atoms with Crippen molar-refractivity contribution in [3.63, 3.8) is 0 Å². The lowest BCUT2D eigenvalue weighted by atomic mass is 9.95. The Balaban J connectivity index is 1.99. The SMILES string of the molecule is CCc1ccc(C(N)C(C)N2CCC(C(C)C)C2)cc1. The zero-order valence-electron chi connectivity index (χ0n) is 13.5. The van der Waals surface area contributed by atoms with Crippen LogP contribution in [-0.2, 0) is 6.42 Å². The highest BCUT2D eigenvalue weighted by atomic mass is 15.2. The highest BCUT2D eigenvalue weighted by Crippen LogP contribution is 2.28. The molecule has 1 aliphatic heterocycles. The molecule has 0 radical (unpaired) electrons. The summed E-state index contributed by atoms with van der Waals surface area (Å²) < 4.78 is 0. The van der Waals surface area contributed by atoms with Crippen molar-refractivity contribution in [1.29, 1.82) is 0 Å². The Kier molecular flexibility index (Phi) is 5.22. The summed E-state index contributed by atoms with van der Waals surface area (Å²) in [5, 5.41) is 0. The molecule has 1 fully saturated rings. The van der Waals surface area contributed by atoms with E-state index in [1.54, 1.807) is 0 Å². The minimum Gasteiger partial charge on any atom is -0.323 e. The van der Waals surface area contributed by atoms with Gasteiger partial charge in [0.25, 0.3) is 0 Å². The fourth-order valence-electron chi connectivity index (χ4n) is 3.21. The van der Waals surface area contributed by atoms with Gasteiger partial charge >= 0.3 is 0 Å². The van der Waals surface area contributed by atoms with Crippen LogP contribution in [0.1, 0.15) is 51.3 Å². The van der Waals surface area contributed by atoms with Gasteiger partial charge in [0, 0.05) is 18.6 Å². The number of rotatable bonds is 5. The van der Waals surface area contributed by atoms with E-state index in [0.717, 1.165) is 18.3 Å². The van der Waals surface area contributed by atoms with Crippen molar-refractivity contribution >= 4 is 0 Å². The van der Waals surface area contributed by atoms with Gasteiger partial charge in [-0.25, -0.2) is 0 Å². The quantitative estimate of drug-likeness (QED) is 0.888. The number of hydrogen-bond acceptors (Lipinski definition) is 2. The number of hydrogen-bond donors (Lipinski definition) is 1. The van der Waals surface area contributed by atoms with E-state index >= 15 is 0 Å². The van der Waals surface area contributed by atoms with E-state index in [1.807, 2.05) is 0 Å². The maximum Gasteiger partial charge on any atom is 0.0450 e. The molecule has 112 valence electrons. The van der Waals surface area contributed by atoms with E-state index in [9.17, 15) is 0 Å². The molecule has 0 saturated carbocycles. The molecule has 0 amide bonds. The van der Waals surface area contributed by atoms with Crippen molar-refractivity contribution in [2.75, 3.05) is 13.1 Å². The highest BCUT2D eigenvalue weighted by molar-refractivity contribution is 5.25. The van der Waals surface area contributed by atoms with Crippen LogP contribution in [0.25, 0.3) is 0 Å². The Morgan fingerprint density at radius 3 is 2.35 bits per heavy atom. The minimum absolute atomic E-state index is 0.117. The molecular weight excluding hydrogens is 244 g/mol. The normalized spacial score (nSPS) is 23.2. The Bertz CT molecular complexity index is 410. The smallest absolute Gasteiger partial charge is 0.0450 e. The van der Waals surface area contributed by atoms with E-state index in [2.05, 4.69) is 56.9 Å². The van der Waals surface area contributed by atoms with Gasteiger partial charge in [-0.1, -0.05) is 45.0 Å². The predicted octanol–water partition coefficient (Wildman–Crippen LogP) is 3.62. The molecule has 3 atom stereocenters. The summed E-state index contributed by atoms with van der Waals surface area (Å²) in [6.07, 6.45) is 2.41. The van der Waals surface area contributed by atoms with Crippen molar-refractivity contribution in [3.8, 4) is 0 Å². The van der Waals surface area contributed by atoms with Crippen LogP contribution in [0.15, 0.2) is 24.3 Å². The lowest BCUT2D eigenvalue weighted by molar-refractivity contribution is 0.212. The topological polar surface area (TPSA) is 29.3 Å². The summed E-state index contributed by atoms with van der Waals surface area (Å²) >= 11 is 0. The fourth-order valence-corrected chi connectivity index (χ4v) is 3.21. The molecule has 3 unspecified atom stereocenters. The lowest BCUT2D eigenvalue weighted by Gasteiger charge is -2.30. The fraction of sp³-hybridized carbons (Fsp3) is 0.667. The summed E-state index contributed by atoms with van der Waals surface area (Å²) in [6.45, 7) is 11.5. The first-order chi connectivity index (χ1) is 9.52. The van der Waals surface area contributed by atoms with Crippen LogP contribution < -0.4 is 5.73 Å². The largest absolute Gasteiger partial charge is 0.323 e. The first-order valence-electron chi connectivity index (χ1n) is 8.11. The summed E-state index contributed by atoms with van der Waals surface area (Å²) in [4.78, 5) is 2.57. The third kappa shape index (κ3) is 3.42. The molecule has 0 spiro atoms. The maximum absolute atomic E-state index is 6.49. The average molecular weight is 274 g/mol. The molecule has 2 rings (SSSR count). The zero-order chi connectivity index (χ0) is 14.7. The molecule has 0 aliphatic carbocycles. The summed E-state index contributed by atoms with van der Waals surface area (Å²) in [5.41, 5.74) is 9.14. The second-order valence-corrected chi connectivity index (χ2v) is 6.65. The van der Waals surface area contributed by atoms with Crippen molar-refractivity contribution in [3.05, 3.63) is 35.4 Å². The van der Waals surface area contributed by atoms with Crippen molar-refractivity contribution in [1.82, 2.24) is 4.90 Å². The van der Waals surface area contributed by atoms with Gasteiger partial charge in [0.05, 0.1) is 0 Å². The highest BCUT2D eigenvalue weighted by Gasteiger charge is 2.30. The van der Waals surface area contributed by atoms with Gasteiger partial charge in [0.15, 0.2) is 0 Å². The van der Waals surface area contributed by atoms with E-state index in [4.69, 9.17) is 5.73 Å². The molecule has 20 heavy (non-hydrogen) atoms. The van der Waals surface area contributed by atoms with Crippen LogP contribution in [-0.4, -0.2) is 24.0 Å². The molecule has 1 aromatic carbocycles. The van der Waals surface area contributed by atoms with E-state index in [1.165, 1.54) is 30.6 Å². The van der Waals surface area contributed by atoms with Crippen LogP contribution in [0.2, 0.25) is 0 Å². The summed E-state index contributed by atoms with van der Waals surface area (Å²) in [5.74, 6) is 1.62. The number of benzene rings is 1. The second-order valence-electron chi connectivity index (χ2n) is 6.65. The van der Waals surface area contributed by atoms with E-state index < -0.39 is 0 Å². The zero-order valence-corrected chi connectivity index (χ0v) is 13.5. The molecule has 0 bridgehead atoms. The molecule has 2 N–H and O–H groups in total. The third-order valence-corrected chi connectivity index (χ3v) is 5.07. The van der Waals surface area contributed by atoms with Crippen LogP contribution in [0, 0.1) is 11.8 Å². The molecule has 2 nitrogen and oxygen atoms in total. The van der Waals surface area contributed by atoms with Crippen molar-refractivity contribution in [2.45, 2.75) is 52.6 Å². The Morgan fingerprint density at radius 2 is 1.85 bits per heavy atom. The molecule has 1 aliphatic rings. The van der Waals surface area contributed by atoms with Gasteiger partial charge in [-0.2, -0.15) is 0 Å². The Labute approximate surface area is 124 Å². The average Bonchev–Trinajstić information content (AvgIpc) is 2.96. The Hall–Kier alpha value is -0.860. The second kappa shape index (κ2) is 6.73.